The van der Waals surface area contributed by atoms with Crippen molar-refractivity contribution in [2.24, 2.45) is 0 Å². The van der Waals surface area contributed by atoms with Crippen LogP contribution in [0.4, 0.5) is 14.5 Å². The minimum atomic E-state index is -1.12. The zero-order valence-corrected chi connectivity index (χ0v) is 8.66. The van der Waals surface area contributed by atoms with Crippen LogP contribution >= 0.6 is 0 Å². The van der Waals surface area contributed by atoms with Gasteiger partial charge < -0.3 is 9.64 Å². The molecule has 0 fully saturated rings. The molecule has 0 saturated heterocycles. The zero-order valence-electron chi connectivity index (χ0n) is 8.66. The average Bonchev–Trinajstić information content (AvgIpc) is 2.26. The second-order valence-corrected chi connectivity index (χ2v) is 2.95. The van der Waals surface area contributed by atoms with Crippen molar-refractivity contribution in [3.63, 3.8) is 0 Å². The molecule has 1 aromatic carbocycles. The van der Waals surface area contributed by atoms with Crippen LogP contribution in [0.15, 0.2) is 18.2 Å². The smallest absolute Gasteiger partial charge is 0.397 e. The molecule has 6 heteroatoms. The van der Waals surface area contributed by atoms with Gasteiger partial charge in [-0.25, -0.2) is 13.6 Å². The van der Waals surface area contributed by atoms with E-state index in [1.54, 1.807) is 0 Å². The highest BCUT2D eigenvalue weighted by Crippen LogP contribution is 2.19. The van der Waals surface area contributed by atoms with Crippen molar-refractivity contribution in [2.45, 2.75) is 0 Å². The number of likely N-dealkylation sites (N-methyl/N-ethyl adjacent to an activating group) is 1. The van der Waals surface area contributed by atoms with E-state index in [4.69, 9.17) is 0 Å². The lowest BCUT2D eigenvalue weighted by Gasteiger charge is -2.16. The van der Waals surface area contributed by atoms with Crippen LogP contribution < -0.4 is 4.90 Å². The number of anilines is 1. The SMILES string of the molecule is COC(=O)C(=O)N(C)c1ccc(F)cc1F. The maximum Gasteiger partial charge on any atom is 0.397 e. The molecule has 0 bridgehead atoms. The number of rotatable bonds is 1. The standard InChI is InChI=1S/C10H9F2NO3/c1-13(9(14)10(15)16-2)8-4-3-6(11)5-7(8)12/h3-5H,1-2H3. The fraction of sp³-hybridized carbons (Fsp3) is 0.200. The third-order valence-corrected chi connectivity index (χ3v) is 1.94. The first-order chi connectivity index (χ1) is 7.47. The molecule has 0 saturated carbocycles. The molecule has 1 rings (SSSR count). The van der Waals surface area contributed by atoms with Gasteiger partial charge in [-0.2, -0.15) is 0 Å². The summed E-state index contributed by atoms with van der Waals surface area (Å²) in [6.07, 6.45) is 0. The minimum absolute atomic E-state index is 0.197. The Balaban J connectivity index is 3.01. The Bertz CT molecular complexity index is 434. The van der Waals surface area contributed by atoms with Crippen LogP contribution in [0, 0.1) is 11.6 Å². The summed E-state index contributed by atoms with van der Waals surface area (Å²) in [7, 11) is 2.23. The fourth-order valence-electron chi connectivity index (χ4n) is 1.09. The number of methoxy groups -OCH3 is 1. The van der Waals surface area contributed by atoms with Gasteiger partial charge in [0.05, 0.1) is 12.8 Å². The third kappa shape index (κ3) is 2.33. The predicted molar refractivity (Wildman–Crippen MR) is 51.8 cm³/mol. The molecule has 0 N–H and O–H groups in total. The molecule has 0 radical (unpaired) electrons. The number of carbonyl (C=O) groups is 2. The molecule has 0 aliphatic heterocycles. The van der Waals surface area contributed by atoms with Gasteiger partial charge in [-0.3, -0.25) is 4.79 Å². The average molecular weight is 229 g/mol. The van der Waals surface area contributed by atoms with Gasteiger partial charge in [0.2, 0.25) is 0 Å². The Hall–Kier alpha value is -1.98. The molecule has 0 unspecified atom stereocenters. The lowest BCUT2D eigenvalue weighted by atomic mass is 10.2. The van der Waals surface area contributed by atoms with E-state index in [0.717, 1.165) is 24.1 Å². The molecule has 1 aromatic rings. The van der Waals surface area contributed by atoms with Crippen molar-refractivity contribution >= 4 is 17.6 Å². The molecular formula is C10H9F2NO3. The molecule has 1 amide bonds. The number of esters is 1. The Morgan fingerprint density at radius 2 is 1.94 bits per heavy atom. The normalized spacial score (nSPS) is 9.75. The molecule has 86 valence electrons. The van der Waals surface area contributed by atoms with Crippen molar-refractivity contribution in [1.82, 2.24) is 0 Å². The van der Waals surface area contributed by atoms with Crippen LogP contribution in [-0.2, 0) is 14.3 Å². The van der Waals surface area contributed by atoms with E-state index >= 15 is 0 Å². The molecule has 0 atom stereocenters. The van der Waals surface area contributed by atoms with E-state index in [-0.39, 0.29) is 5.69 Å². The summed E-state index contributed by atoms with van der Waals surface area (Å²) in [5.41, 5.74) is -0.197. The number of hydrogen-bond donors (Lipinski definition) is 0. The summed E-state index contributed by atoms with van der Waals surface area (Å²) < 4.78 is 30.0. The van der Waals surface area contributed by atoms with E-state index in [1.165, 1.54) is 7.05 Å². The molecule has 4 nitrogen and oxygen atoms in total. The largest absolute Gasteiger partial charge is 0.462 e. The maximum atomic E-state index is 13.2. The second kappa shape index (κ2) is 4.69. The quantitative estimate of drug-likeness (QED) is 0.535. The Labute approximate surface area is 90.4 Å². The molecule has 0 heterocycles. The lowest BCUT2D eigenvalue weighted by molar-refractivity contribution is -0.151. The highest BCUT2D eigenvalue weighted by Gasteiger charge is 2.22. The van der Waals surface area contributed by atoms with Crippen LogP contribution in [0.1, 0.15) is 0 Å². The van der Waals surface area contributed by atoms with E-state index in [2.05, 4.69) is 4.74 Å². The minimum Gasteiger partial charge on any atom is -0.462 e. The Morgan fingerprint density at radius 1 is 1.31 bits per heavy atom. The van der Waals surface area contributed by atoms with Gasteiger partial charge in [0.25, 0.3) is 0 Å². The van der Waals surface area contributed by atoms with Gasteiger partial charge in [-0.15, -0.1) is 0 Å². The predicted octanol–water partition coefficient (Wildman–Crippen LogP) is 1.10. The van der Waals surface area contributed by atoms with Crippen molar-refractivity contribution in [3.8, 4) is 0 Å². The molecule has 0 spiro atoms. The van der Waals surface area contributed by atoms with Gasteiger partial charge in [-0.1, -0.05) is 0 Å². The summed E-state index contributed by atoms with van der Waals surface area (Å²) in [4.78, 5) is 22.9. The number of amides is 1. The number of halogens is 2. The molecule has 0 aliphatic rings. The summed E-state index contributed by atoms with van der Waals surface area (Å²) in [5, 5.41) is 0. The Kier molecular flexibility index (Phi) is 3.55. The monoisotopic (exact) mass is 229 g/mol. The van der Waals surface area contributed by atoms with Crippen molar-refractivity contribution in [1.29, 1.82) is 0 Å². The van der Waals surface area contributed by atoms with Crippen LogP contribution in [0.3, 0.4) is 0 Å². The maximum absolute atomic E-state index is 13.2. The zero-order chi connectivity index (χ0) is 12.3. The summed E-state index contributed by atoms with van der Waals surface area (Å²) >= 11 is 0. The first-order valence-corrected chi connectivity index (χ1v) is 4.28. The number of nitrogens with zero attached hydrogens (tertiary/aromatic N) is 1. The summed E-state index contributed by atoms with van der Waals surface area (Å²) in [6.45, 7) is 0. The van der Waals surface area contributed by atoms with Gasteiger partial charge in [-0.05, 0) is 12.1 Å². The topological polar surface area (TPSA) is 46.6 Å². The third-order valence-electron chi connectivity index (χ3n) is 1.94. The highest BCUT2D eigenvalue weighted by molar-refractivity contribution is 6.37. The molecular weight excluding hydrogens is 220 g/mol. The van der Waals surface area contributed by atoms with Crippen molar-refractivity contribution in [3.05, 3.63) is 29.8 Å². The first kappa shape index (κ1) is 12.1. The van der Waals surface area contributed by atoms with Crippen molar-refractivity contribution in [2.75, 3.05) is 19.1 Å². The Morgan fingerprint density at radius 3 is 2.44 bits per heavy atom. The highest BCUT2D eigenvalue weighted by atomic mass is 19.1. The van der Waals surface area contributed by atoms with Gasteiger partial charge in [0, 0.05) is 13.1 Å². The number of ether oxygens (including phenoxy) is 1. The van der Waals surface area contributed by atoms with Gasteiger partial charge >= 0.3 is 11.9 Å². The van der Waals surface area contributed by atoms with Gasteiger partial charge in [0.15, 0.2) is 0 Å². The fourth-order valence-corrected chi connectivity index (χ4v) is 1.09. The van der Waals surface area contributed by atoms with E-state index in [1.807, 2.05) is 0 Å². The number of carbonyl (C=O) groups excluding carboxylic acids is 2. The summed E-state index contributed by atoms with van der Waals surface area (Å²) in [6, 6.07) is 2.67. The molecule has 16 heavy (non-hydrogen) atoms. The molecule has 0 aromatic heterocycles. The number of hydrogen-bond acceptors (Lipinski definition) is 3. The van der Waals surface area contributed by atoms with Crippen LogP contribution in [0.25, 0.3) is 0 Å². The number of benzene rings is 1. The van der Waals surface area contributed by atoms with E-state index in [9.17, 15) is 18.4 Å². The van der Waals surface area contributed by atoms with E-state index in [0.29, 0.717) is 6.07 Å². The molecule has 0 aliphatic carbocycles. The van der Waals surface area contributed by atoms with Crippen LogP contribution in [-0.4, -0.2) is 26.0 Å². The van der Waals surface area contributed by atoms with Crippen LogP contribution in [0.2, 0.25) is 0 Å². The van der Waals surface area contributed by atoms with Gasteiger partial charge in [0.1, 0.15) is 11.6 Å². The van der Waals surface area contributed by atoms with Crippen LogP contribution in [0.5, 0.6) is 0 Å². The first-order valence-electron chi connectivity index (χ1n) is 4.28. The summed E-state index contributed by atoms with van der Waals surface area (Å²) in [5.74, 6) is -3.85. The van der Waals surface area contributed by atoms with Crippen molar-refractivity contribution < 1.29 is 23.1 Å². The van der Waals surface area contributed by atoms with E-state index < -0.39 is 23.5 Å². The second-order valence-electron chi connectivity index (χ2n) is 2.95. The lowest BCUT2D eigenvalue weighted by Crippen LogP contribution is -2.34.